The van der Waals surface area contributed by atoms with Gasteiger partial charge in [0, 0.05) is 5.56 Å². The Morgan fingerprint density at radius 2 is 1.85 bits per heavy atom. The molecule has 1 heterocycles. The molecule has 0 aromatic heterocycles. The van der Waals surface area contributed by atoms with Crippen molar-refractivity contribution in [3.63, 3.8) is 0 Å². The number of ether oxygens (including phenoxy) is 2. The van der Waals surface area contributed by atoms with E-state index in [1.807, 2.05) is 0 Å². The molecule has 0 unspecified atom stereocenters. The molecule has 0 radical (unpaired) electrons. The van der Waals surface area contributed by atoms with E-state index < -0.39 is 24.1 Å². The van der Waals surface area contributed by atoms with Crippen molar-refractivity contribution in [2.45, 2.75) is 31.5 Å². The summed E-state index contributed by atoms with van der Waals surface area (Å²) < 4.78 is 23.9. The third kappa shape index (κ3) is 4.02. The van der Waals surface area contributed by atoms with Gasteiger partial charge in [0.15, 0.2) is 0 Å². The molecule has 1 amide bonds. The molecule has 1 saturated heterocycles. The lowest BCUT2D eigenvalue weighted by molar-refractivity contribution is -0.145. The minimum atomic E-state index is -1.16. The maximum atomic E-state index is 13.6. The number of amides is 1. The van der Waals surface area contributed by atoms with Gasteiger partial charge in [0.25, 0.3) is 0 Å². The molecule has 3 rings (SSSR count). The molecule has 1 aliphatic heterocycles. The summed E-state index contributed by atoms with van der Waals surface area (Å²) in [4.78, 5) is 24.6. The number of carboxylic acid groups (broad SMARTS) is 1. The van der Waals surface area contributed by atoms with Crippen LogP contribution in [-0.4, -0.2) is 35.2 Å². The highest BCUT2D eigenvalue weighted by Crippen LogP contribution is 2.37. The lowest BCUT2D eigenvalue weighted by Crippen LogP contribution is -2.41. The van der Waals surface area contributed by atoms with Gasteiger partial charge in [-0.3, -0.25) is 4.90 Å². The first kappa shape index (κ1) is 18.7. The summed E-state index contributed by atoms with van der Waals surface area (Å²) in [5, 5.41) is 9.51. The van der Waals surface area contributed by atoms with Crippen LogP contribution in [0.3, 0.4) is 0 Å². The van der Waals surface area contributed by atoms with Crippen molar-refractivity contribution in [1.29, 1.82) is 0 Å². The van der Waals surface area contributed by atoms with E-state index in [1.54, 1.807) is 42.5 Å². The van der Waals surface area contributed by atoms with Crippen molar-refractivity contribution in [3.8, 4) is 5.75 Å². The number of halogens is 1. The topological polar surface area (TPSA) is 76.1 Å². The van der Waals surface area contributed by atoms with Crippen LogP contribution in [0.5, 0.6) is 5.75 Å². The molecule has 1 N–H and O–H groups in total. The van der Waals surface area contributed by atoms with E-state index in [9.17, 15) is 19.1 Å². The Labute approximate surface area is 156 Å². The molecule has 1 fully saturated rings. The van der Waals surface area contributed by atoms with Gasteiger partial charge < -0.3 is 14.6 Å². The lowest BCUT2D eigenvalue weighted by atomic mass is 10.0. The second-order valence-corrected chi connectivity index (χ2v) is 6.27. The van der Waals surface area contributed by atoms with E-state index in [1.165, 1.54) is 13.2 Å². The van der Waals surface area contributed by atoms with E-state index in [0.717, 1.165) is 10.5 Å². The van der Waals surface area contributed by atoms with Crippen molar-refractivity contribution in [2.24, 2.45) is 0 Å². The van der Waals surface area contributed by atoms with Crippen molar-refractivity contribution >= 4 is 12.1 Å². The van der Waals surface area contributed by atoms with E-state index in [4.69, 9.17) is 9.47 Å². The van der Waals surface area contributed by atoms with Crippen LogP contribution in [0, 0.1) is 5.82 Å². The van der Waals surface area contributed by atoms with Crippen LogP contribution in [0.25, 0.3) is 0 Å². The Morgan fingerprint density at radius 1 is 1.15 bits per heavy atom. The number of benzene rings is 2. The van der Waals surface area contributed by atoms with Crippen LogP contribution in [0.4, 0.5) is 9.18 Å². The van der Waals surface area contributed by atoms with Gasteiger partial charge in [0.2, 0.25) is 0 Å². The fourth-order valence-electron chi connectivity index (χ4n) is 3.34. The molecular weight excluding hydrogens is 353 g/mol. The largest absolute Gasteiger partial charge is 0.489 e. The zero-order chi connectivity index (χ0) is 19.4. The molecule has 7 heteroatoms. The van der Waals surface area contributed by atoms with Crippen molar-refractivity contribution < 1.29 is 28.6 Å². The number of methoxy groups -OCH3 is 1. The first-order valence-electron chi connectivity index (χ1n) is 8.56. The SMILES string of the molecule is COC(=O)[C@@H]1CC[C@H](c2ccc(OCc3ccccc3F)cc2)N1C(=O)O. The predicted molar refractivity (Wildman–Crippen MR) is 94.8 cm³/mol. The second-order valence-electron chi connectivity index (χ2n) is 6.27. The van der Waals surface area contributed by atoms with E-state index in [2.05, 4.69) is 0 Å². The molecule has 142 valence electrons. The van der Waals surface area contributed by atoms with Crippen LogP contribution in [-0.2, 0) is 16.1 Å². The van der Waals surface area contributed by atoms with Crippen LogP contribution in [0.1, 0.15) is 30.0 Å². The molecule has 2 atom stereocenters. The van der Waals surface area contributed by atoms with Crippen LogP contribution < -0.4 is 4.74 Å². The molecule has 2 aromatic carbocycles. The number of hydrogen-bond donors (Lipinski definition) is 1. The number of nitrogens with zero attached hydrogens (tertiary/aromatic N) is 1. The number of likely N-dealkylation sites (tertiary alicyclic amines) is 1. The molecular formula is C20H20FNO5. The number of rotatable bonds is 5. The molecule has 27 heavy (non-hydrogen) atoms. The van der Waals surface area contributed by atoms with Gasteiger partial charge in [0.1, 0.15) is 24.2 Å². The standard InChI is InChI=1S/C20H20FNO5/c1-26-19(23)18-11-10-17(22(18)20(24)25)13-6-8-15(9-7-13)27-12-14-4-2-3-5-16(14)21/h2-9,17-18H,10-12H2,1H3,(H,24,25)/t17-,18+/m1/s1. The third-order valence-corrected chi connectivity index (χ3v) is 4.70. The fourth-order valence-corrected chi connectivity index (χ4v) is 3.34. The second kappa shape index (κ2) is 8.07. The Kier molecular flexibility index (Phi) is 5.59. The quantitative estimate of drug-likeness (QED) is 0.808. The number of carbonyl (C=O) groups excluding carboxylic acids is 1. The summed E-state index contributed by atoms with van der Waals surface area (Å²) in [6.45, 7) is 0.0983. The molecule has 0 saturated carbocycles. The summed E-state index contributed by atoms with van der Waals surface area (Å²) >= 11 is 0. The average Bonchev–Trinajstić information content (AvgIpc) is 3.12. The molecule has 0 spiro atoms. The van der Waals surface area contributed by atoms with Crippen LogP contribution in [0.2, 0.25) is 0 Å². The first-order valence-corrected chi connectivity index (χ1v) is 8.56. The summed E-state index contributed by atoms with van der Waals surface area (Å²) in [6, 6.07) is 12.1. The Morgan fingerprint density at radius 3 is 2.48 bits per heavy atom. The lowest BCUT2D eigenvalue weighted by Gasteiger charge is -2.26. The summed E-state index contributed by atoms with van der Waals surface area (Å²) in [5.74, 6) is -0.331. The highest BCUT2D eigenvalue weighted by Gasteiger charge is 2.42. The van der Waals surface area contributed by atoms with Gasteiger partial charge in [-0.05, 0) is 36.6 Å². The van der Waals surface area contributed by atoms with Gasteiger partial charge in [-0.15, -0.1) is 0 Å². The number of esters is 1. The first-order chi connectivity index (χ1) is 13.0. The van der Waals surface area contributed by atoms with Gasteiger partial charge in [0.05, 0.1) is 13.2 Å². The van der Waals surface area contributed by atoms with E-state index in [0.29, 0.717) is 24.2 Å². The van der Waals surface area contributed by atoms with E-state index >= 15 is 0 Å². The maximum Gasteiger partial charge on any atom is 0.408 e. The Balaban J connectivity index is 1.70. The van der Waals surface area contributed by atoms with Crippen LogP contribution in [0.15, 0.2) is 48.5 Å². The highest BCUT2D eigenvalue weighted by atomic mass is 19.1. The minimum absolute atomic E-state index is 0.0983. The third-order valence-electron chi connectivity index (χ3n) is 4.70. The van der Waals surface area contributed by atoms with Gasteiger partial charge in [-0.1, -0.05) is 30.3 Å². The van der Waals surface area contributed by atoms with Crippen molar-refractivity contribution in [2.75, 3.05) is 7.11 Å². The number of hydrogen-bond acceptors (Lipinski definition) is 4. The Bertz CT molecular complexity index is 823. The monoisotopic (exact) mass is 373 g/mol. The molecule has 1 aliphatic rings. The average molecular weight is 373 g/mol. The normalized spacial score (nSPS) is 19.0. The van der Waals surface area contributed by atoms with Gasteiger partial charge in [-0.25, -0.2) is 14.0 Å². The summed E-state index contributed by atoms with van der Waals surface area (Å²) in [6.07, 6.45) is -0.218. The molecule has 0 aliphatic carbocycles. The minimum Gasteiger partial charge on any atom is -0.489 e. The summed E-state index contributed by atoms with van der Waals surface area (Å²) in [7, 11) is 1.25. The van der Waals surface area contributed by atoms with E-state index in [-0.39, 0.29) is 12.4 Å². The Hall–Kier alpha value is -3.09. The van der Waals surface area contributed by atoms with Crippen LogP contribution >= 0.6 is 0 Å². The maximum absolute atomic E-state index is 13.6. The predicted octanol–water partition coefficient (Wildman–Crippen LogP) is 3.76. The van der Waals surface area contributed by atoms with Gasteiger partial charge >= 0.3 is 12.1 Å². The highest BCUT2D eigenvalue weighted by molar-refractivity contribution is 5.81. The molecule has 6 nitrogen and oxygen atoms in total. The number of carbonyl (C=O) groups is 2. The van der Waals surface area contributed by atoms with Crippen molar-refractivity contribution in [3.05, 3.63) is 65.5 Å². The van der Waals surface area contributed by atoms with Crippen molar-refractivity contribution in [1.82, 2.24) is 4.90 Å². The zero-order valence-corrected chi connectivity index (χ0v) is 14.8. The molecule has 2 aromatic rings. The molecule has 0 bridgehead atoms. The zero-order valence-electron chi connectivity index (χ0n) is 14.8. The summed E-state index contributed by atoms with van der Waals surface area (Å²) in [5.41, 5.74) is 1.22. The van der Waals surface area contributed by atoms with Gasteiger partial charge in [-0.2, -0.15) is 0 Å². The smallest absolute Gasteiger partial charge is 0.408 e. The fraction of sp³-hybridized carbons (Fsp3) is 0.300.